The lowest BCUT2D eigenvalue weighted by molar-refractivity contribution is 0.334. The lowest BCUT2D eigenvalue weighted by atomic mass is 10.1. The number of sulfonamides is 1. The molecule has 2 atom stereocenters. The van der Waals surface area contributed by atoms with E-state index >= 15 is 0 Å². The summed E-state index contributed by atoms with van der Waals surface area (Å²) < 4.78 is 50.4. The van der Waals surface area contributed by atoms with Gasteiger partial charge >= 0.3 is 0 Å². The van der Waals surface area contributed by atoms with Crippen LogP contribution in [0.25, 0.3) is 0 Å². The molecule has 2 saturated heterocycles. The molecule has 2 aliphatic rings. The second-order valence-electron chi connectivity index (χ2n) is 5.96. The van der Waals surface area contributed by atoms with Crippen LogP contribution in [0.5, 0.6) is 0 Å². The molecular weight excluding hydrogens is 324 g/mol. The Kier molecular flexibility index (Phi) is 4.05. The Bertz CT molecular complexity index is 743. The molecule has 22 heavy (non-hydrogen) atoms. The van der Waals surface area contributed by atoms with E-state index in [-0.39, 0.29) is 21.9 Å². The fraction of sp³-hybridized carbons (Fsp3) is 0.571. The summed E-state index contributed by atoms with van der Waals surface area (Å²) >= 11 is 0. The van der Waals surface area contributed by atoms with Gasteiger partial charge in [-0.05, 0) is 50.1 Å². The van der Waals surface area contributed by atoms with E-state index in [4.69, 9.17) is 0 Å². The molecule has 1 N–H and O–H groups in total. The summed E-state index contributed by atoms with van der Waals surface area (Å²) in [4.78, 5) is 0.297. The van der Waals surface area contributed by atoms with Crippen molar-refractivity contribution in [1.82, 2.24) is 9.62 Å². The molecule has 2 heterocycles. The van der Waals surface area contributed by atoms with Crippen molar-refractivity contribution in [3.8, 4) is 0 Å². The van der Waals surface area contributed by atoms with Crippen LogP contribution in [-0.2, 0) is 19.9 Å². The highest BCUT2D eigenvalue weighted by atomic mass is 32.2. The predicted molar refractivity (Wildman–Crippen MR) is 82.9 cm³/mol. The van der Waals surface area contributed by atoms with Gasteiger partial charge in [-0.3, -0.25) is 0 Å². The zero-order valence-corrected chi connectivity index (χ0v) is 14.0. The van der Waals surface area contributed by atoms with E-state index in [9.17, 15) is 16.8 Å². The maximum absolute atomic E-state index is 12.9. The minimum absolute atomic E-state index is 0.00733. The Balaban J connectivity index is 1.96. The Hall–Kier alpha value is -0.960. The topological polar surface area (TPSA) is 83.5 Å². The molecule has 8 heteroatoms. The SMILES string of the molecule is CS(=O)(=O)c1ccc(S(=O)(=O)N2C3CCNCC2CC3)cc1. The van der Waals surface area contributed by atoms with Crippen molar-refractivity contribution in [2.24, 2.45) is 0 Å². The first-order valence-corrected chi connectivity index (χ1v) is 10.7. The number of fused-ring (bicyclic) bond motifs is 2. The van der Waals surface area contributed by atoms with E-state index in [1.165, 1.54) is 24.3 Å². The molecule has 2 fully saturated rings. The van der Waals surface area contributed by atoms with Gasteiger partial charge < -0.3 is 5.32 Å². The number of sulfone groups is 1. The van der Waals surface area contributed by atoms with Crippen LogP contribution in [0.2, 0.25) is 0 Å². The number of rotatable bonds is 3. The highest BCUT2D eigenvalue weighted by molar-refractivity contribution is 7.90. The van der Waals surface area contributed by atoms with E-state index in [2.05, 4.69) is 5.32 Å². The normalized spacial score (nSPS) is 26.8. The van der Waals surface area contributed by atoms with Crippen LogP contribution >= 0.6 is 0 Å². The van der Waals surface area contributed by atoms with Gasteiger partial charge in [0.05, 0.1) is 9.79 Å². The minimum Gasteiger partial charge on any atom is -0.315 e. The fourth-order valence-electron chi connectivity index (χ4n) is 3.31. The molecule has 3 rings (SSSR count). The maximum Gasteiger partial charge on any atom is 0.243 e. The highest BCUT2D eigenvalue weighted by Crippen LogP contribution is 2.33. The van der Waals surface area contributed by atoms with Crippen molar-refractivity contribution >= 4 is 19.9 Å². The van der Waals surface area contributed by atoms with E-state index in [1.807, 2.05) is 0 Å². The molecule has 2 unspecified atom stereocenters. The summed E-state index contributed by atoms with van der Waals surface area (Å²) in [5.74, 6) is 0. The quantitative estimate of drug-likeness (QED) is 0.868. The zero-order chi connectivity index (χ0) is 16.0. The number of nitrogens with zero attached hydrogens (tertiary/aromatic N) is 1. The fourth-order valence-corrected chi connectivity index (χ4v) is 5.84. The van der Waals surface area contributed by atoms with E-state index in [0.717, 1.165) is 32.1 Å². The third kappa shape index (κ3) is 2.80. The summed E-state index contributed by atoms with van der Waals surface area (Å²) in [6.45, 7) is 1.51. The van der Waals surface area contributed by atoms with Gasteiger partial charge in [0.25, 0.3) is 0 Å². The number of hydrogen-bond donors (Lipinski definition) is 1. The van der Waals surface area contributed by atoms with Gasteiger partial charge in [-0.15, -0.1) is 0 Å². The predicted octanol–water partition coefficient (Wildman–Crippen LogP) is 0.605. The van der Waals surface area contributed by atoms with Crippen LogP contribution < -0.4 is 5.32 Å². The molecule has 2 bridgehead atoms. The Morgan fingerprint density at radius 2 is 1.55 bits per heavy atom. The van der Waals surface area contributed by atoms with Crippen molar-refractivity contribution in [2.75, 3.05) is 19.3 Å². The minimum atomic E-state index is -3.58. The first kappa shape index (κ1) is 15.9. The van der Waals surface area contributed by atoms with Crippen LogP contribution in [0.4, 0.5) is 0 Å². The molecule has 2 aliphatic heterocycles. The van der Waals surface area contributed by atoms with Gasteiger partial charge in [-0.2, -0.15) is 4.31 Å². The van der Waals surface area contributed by atoms with Crippen molar-refractivity contribution in [3.63, 3.8) is 0 Å². The van der Waals surface area contributed by atoms with Crippen LogP contribution in [0.3, 0.4) is 0 Å². The monoisotopic (exact) mass is 344 g/mol. The molecule has 0 aliphatic carbocycles. The molecule has 1 aromatic rings. The third-order valence-electron chi connectivity index (χ3n) is 4.41. The zero-order valence-electron chi connectivity index (χ0n) is 12.4. The Morgan fingerprint density at radius 3 is 2.18 bits per heavy atom. The molecule has 1 aromatic carbocycles. The first-order valence-electron chi connectivity index (χ1n) is 7.34. The van der Waals surface area contributed by atoms with Crippen molar-refractivity contribution in [3.05, 3.63) is 24.3 Å². The molecule has 0 saturated carbocycles. The van der Waals surface area contributed by atoms with E-state index in [1.54, 1.807) is 4.31 Å². The van der Waals surface area contributed by atoms with Crippen LogP contribution in [0, 0.1) is 0 Å². The molecule has 0 spiro atoms. The average molecular weight is 344 g/mol. The second-order valence-corrected chi connectivity index (χ2v) is 9.82. The van der Waals surface area contributed by atoms with Crippen LogP contribution in [0.15, 0.2) is 34.1 Å². The summed E-state index contributed by atoms with van der Waals surface area (Å²) in [5.41, 5.74) is 0. The summed E-state index contributed by atoms with van der Waals surface area (Å²) in [6.07, 6.45) is 3.69. The van der Waals surface area contributed by atoms with E-state index < -0.39 is 19.9 Å². The molecule has 0 aromatic heterocycles. The number of benzene rings is 1. The molecular formula is C14H20N2O4S2. The van der Waals surface area contributed by atoms with Gasteiger partial charge in [-0.25, -0.2) is 16.8 Å². The highest BCUT2D eigenvalue weighted by Gasteiger charge is 2.42. The molecule has 0 radical (unpaired) electrons. The molecule has 0 amide bonds. The standard InChI is InChI=1S/C14H20N2O4S2/c1-21(17,18)13-4-6-14(7-5-13)22(19,20)16-11-2-3-12(16)10-15-9-8-11/h4-7,11-12,15H,2-3,8-10H2,1H3. The maximum atomic E-state index is 12.9. The van der Waals surface area contributed by atoms with Gasteiger partial charge in [0.2, 0.25) is 10.0 Å². The van der Waals surface area contributed by atoms with Gasteiger partial charge in [-0.1, -0.05) is 0 Å². The van der Waals surface area contributed by atoms with Crippen molar-refractivity contribution in [2.45, 2.75) is 41.1 Å². The lowest BCUT2D eigenvalue weighted by Gasteiger charge is -2.26. The Labute approximate surface area is 131 Å². The lowest BCUT2D eigenvalue weighted by Crippen LogP contribution is -2.42. The number of nitrogens with one attached hydrogen (secondary N) is 1. The summed E-state index contributed by atoms with van der Waals surface area (Å²) in [5, 5.41) is 3.28. The van der Waals surface area contributed by atoms with Gasteiger partial charge in [0, 0.05) is 24.9 Å². The van der Waals surface area contributed by atoms with Crippen LogP contribution in [-0.4, -0.2) is 52.6 Å². The number of hydrogen-bond acceptors (Lipinski definition) is 5. The molecule has 122 valence electrons. The van der Waals surface area contributed by atoms with Gasteiger partial charge in [0.15, 0.2) is 9.84 Å². The average Bonchev–Trinajstić information content (AvgIpc) is 2.72. The largest absolute Gasteiger partial charge is 0.315 e. The van der Waals surface area contributed by atoms with Crippen molar-refractivity contribution in [1.29, 1.82) is 0 Å². The van der Waals surface area contributed by atoms with Crippen LogP contribution in [0.1, 0.15) is 19.3 Å². The summed E-state index contributed by atoms with van der Waals surface area (Å²) in [6, 6.07) is 5.54. The van der Waals surface area contributed by atoms with Crippen molar-refractivity contribution < 1.29 is 16.8 Å². The third-order valence-corrected chi connectivity index (χ3v) is 7.56. The molecule has 6 nitrogen and oxygen atoms in total. The summed E-state index contributed by atoms with van der Waals surface area (Å²) in [7, 11) is -6.91. The first-order chi connectivity index (χ1) is 10.3. The second kappa shape index (κ2) is 5.59. The Morgan fingerprint density at radius 1 is 0.955 bits per heavy atom. The van der Waals surface area contributed by atoms with E-state index in [0.29, 0.717) is 6.54 Å². The smallest absolute Gasteiger partial charge is 0.243 e. The van der Waals surface area contributed by atoms with Gasteiger partial charge in [0.1, 0.15) is 0 Å².